The molecule has 28 heavy (non-hydrogen) atoms. The zero-order valence-electron chi connectivity index (χ0n) is 15.0. The van der Waals surface area contributed by atoms with E-state index in [9.17, 15) is 9.18 Å². The molecule has 0 unspecified atom stereocenters. The van der Waals surface area contributed by atoms with Crippen molar-refractivity contribution in [3.05, 3.63) is 71.3 Å². The van der Waals surface area contributed by atoms with Crippen LogP contribution in [0.5, 0.6) is 0 Å². The SMILES string of the molecule is O=C(Nc1ccc(F)c(Cl)c1)c1ccc(-c2cc(N3CCCC3)ncn2)cc1. The fourth-order valence-corrected chi connectivity index (χ4v) is 3.37. The Labute approximate surface area is 167 Å². The minimum atomic E-state index is -0.526. The van der Waals surface area contributed by atoms with Gasteiger partial charge in [-0.15, -0.1) is 0 Å². The molecule has 142 valence electrons. The van der Waals surface area contributed by atoms with Crippen molar-refractivity contribution in [1.29, 1.82) is 0 Å². The van der Waals surface area contributed by atoms with Crippen LogP contribution in [0.2, 0.25) is 5.02 Å². The summed E-state index contributed by atoms with van der Waals surface area (Å²) in [5.74, 6) is 0.106. The first kappa shape index (κ1) is 18.4. The molecule has 0 bridgehead atoms. The first-order valence-corrected chi connectivity index (χ1v) is 9.42. The van der Waals surface area contributed by atoms with Crippen LogP contribution in [0.25, 0.3) is 11.3 Å². The number of nitrogens with one attached hydrogen (secondary N) is 1. The van der Waals surface area contributed by atoms with Crippen LogP contribution < -0.4 is 10.2 Å². The third kappa shape index (κ3) is 3.97. The van der Waals surface area contributed by atoms with Gasteiger partial charge in [-0.2, -0.15) is 0 Å². The molecule has 0 spiro atoms. The number of aromatic nitrogens is 2. The summed E-state index contributed by atoms with van der Waals surface area (Å²) < 4.78 is 13.2. The van der Waals surface area contributed by atoms with Gasteiger partial charge in [0.1, 0.15) is 18.0 Å². The van der Waals surface area contributed by atoms with Crippen molar-refractivity contribution in [3.8, 4) is 11.3 Å². The maximum absolute atomic E-state index is 13.2. The van der Waals surface area contributed by atoms with Gasteiger partial charge in [0.05, 0.1) is 10.7 Å². The van der Waals surface area contributed by atoms with E-state index in [1.807, 2.05) is 18.2 Å². The van der Waals surface area contributed by atoms with Gasteiger partial charge in [0.15, 0.2) is 0 Å². The van der Waals surface area contributed by atoms with Crippen molar-refractivity contribution in [2.75, 3.05) is 23.3 Å². The summed E-state index contributed by atoms with van der Waals surface area (Å²) in [4.78, 5) is 23.4. The van der Waals surface area contributed by atoms with Gasteiger partial charge in [-0.05, 0) is 43.2 Å². The number of hydrogen-bond donors (Lipinski definition) is 1. The molecule has 1 N–H and O–H groups in total. The lowest BCUT2D eigenvalue weighted by molar-refractivity contribution is 0.102. The molecule has 1 aromatic heterocycles. The molecule has 7 heteroatoms. The van der Waals surface area contributed by atoms with E-state index in [4.69, 9.17) is 11.6 Å². The van der Waals surface area contributed by atoms with Gasteiger partial charge < -0.3 is 10.2 Å². The van der Waals surface area contributed by atoms with Crippen LogP contribution in [-0.2, 0) is 0 Å². The number of hydrogen-bond acceptors (Lipinski definition) is 4. The summed E-state index contributed by atoms with van der Waals surface area (Å²) in [6.45, 7) is 2.03. The Morgan fingerprint density at radius 2 is 1.79 bits per heavy atom. The molecule has 1 aliphatic rings. The fourth-order valence-electron chi connectivity index (χ4n) is 3.19. The van der Waals surface area contributed by atoms with E-state index in [-0.39, 0.29) is 10.9 Å². The molecule has 1 saturated heterocycles. The summed E-state index contributed by atoms with van der Waals surface area (Å²) >= 11 is 5.75. The smallest absolute Gasteiger partial charge is 0.255 e. The summed E-state index contributed by atoms with van der Waals surface area (Å²) in [7, 11) is 0. The van der Waals surface area contributed by atoms with Crippen LogP contribution in [0, 0.1) is 5.82 Å². The summed E-state index contributed by atoms with van der Waals surface area (Å²) in [5, 5.41) is 2.67. The first-order valence-electron chi connectivity index (χ1n) is 9.04. The summed E-state index contributed by atoms with van der Waals surface area (Å²) in [5.41, 5.74) is 2.64. The molecule has 4 rings (SSSR count). The molecular weight excluding hydrogens is 379 g/mol. The Morgan fingerprint density at radius 3 is 2.50 bits per heavy atom. The topological polar surface area (TPSA) is 58.1 Å². The van der Waals surface area contributed by atoms with Crippen molar-refractivity contribution < 1.29 is 9.18 Å². The lowest BCUT2D eigenvalue weighted by Crippen LogP contribution is -2.19. The Kier molecular flexibility index (Phi) is 5.21. The highest BCUT2D eigenvalue weighted by Crippen LogP contribution is 2.24. The molecule has 1 amide bonds. The van der Waals surface area contributed by atoms with Crippen molar-refractivity contribution in [1.82, 2.24) is 9.97 Å². The van der Waals surface area contributed by atoms with E-state index in [2.05, 4.69) is 20.2 Å². The second kappa shape index (κ2) is 7.94. The zero-order valence-corrected chi connectivity index (χ0v) is 15.8. The maximum atomic E-state index is 13.2. The first-order chi connectivity index (χ1) is 13.6. The number of benzene rings is 2. The normalized spacial score (nSPS) is 13.6. The molecule has 5 nitrogen and oxygen atoms in total. The average molecular weight is 397 g/mol. The Morgan fingerprint density at radius 1 is 1.04 bits per heavy atom. The van der Waals surface area contributed by atoms with Gasteiger partial charge in [0.2, 0.25) is 0 Å². The monoisotopic (exact) mass is 396 g/mol. The molecule has 3 aromatic rings. The Bertz CT molecular complexity index is 1000. The molecule has 1 aliphatic heterocycles. The molecule has 0 atom stereocenters. The number of rotatable bonds is 4. The third-order valence-electron chi connectivity index (χ3n) is 4.70. The average Bonchev–Trinajstić information content (AvgIpc) is 3.26. The fraction of sp³-hybridized carbons (Fsp3) is 0.190. The van der Waals surface area contributed by atoms with Crippen molar-refractivity contribution in [3.63, 3.8) is 0 Å². The number of anilines is 2. The molecule has 2 aromatic carbocycles. The molecule has 2 heterocycles. The highest BCUT2D eigenvalue weighted by molar-refractivity contribution is 6.31. The minimum absolute atomic E-state index is 0.0364. The molecule has 0 saturated carbocycles. The van der Waals surface area contributed by atoms with Crippen molar-refractivity contribution in [2.24, 2.45) is 0 Å². The number of carbonyl (C=O) groups excluding carboxylic acids is 1. The molecule has 0 aliphatic carbocycles. The van der Waals surface area contributed by atoms with Gasteiger partial charge in [0.25, 0.3) is 5.91 Å². The lowest BCUT2D eigenvalue weighted by Gasteiger charge is -2.16. The van der Waals surface area contributed by atoms with E-state index >= 15 is 0 Å². The van der Waals surface area contributed by atoms with Crippen molar-refractivity contribution >= 4 is 29.0 Å². The van der Waals surface area contributed by atoms with Gasteiger partial charge >= 0.3 is 0 Å². The predicted octanol–water partition coefficient (Wildman–Crippen LogP) is 4.79. The highest BCUT2D eigenvalue weighted by Gasteiger charge is 2.15. The van der Waals surface area contributed by atoms with Crippen LogP contribution >= 0.6 is 11.6 Å². The maximum Gasteiger partial charge on any atom is 0.255 e. The predicted molar refractivity (Wildman–Crippen MR) is 108 cm³/mol. The molecule has 0 radical (unpaired) electrons. The highest BCUT2D eigenvalue weighted by atomic mass is 35.5. The summed E-state index contributed by atoms with van der Waals surface area (Å²) in [6, 6.07) is 13.2. The van der Waals surface area contributed by atoms with Crippen LogP contribution in [0.3, 0.4) is 0 Å². The third-order valence-corrected chi connectivity index (χ3v) is 4.99. The quantitative estimate of drug-likeness (QED) is 0.689. The minimum Gasteiger partial charge on any atom is -0.357 e. The van der Waals surface area contributed by atoms with Crippen LogP contribution in [0.15, 0.2) is 54.9 Å². The number of amides is 1. The van der Waals surface area contributed by atoms with E-state index in [0.29, 0.717) is 11.3 Å². The largest absolute Gasteiger partial charge is 0.357 e. The molecule has 1 fully saturated rings. The van der Waals surface area contributed by atoms with Gasteiger partial charge in [0, 0.05) is 36.0 Å². The zero-order chi connectivity index (χ0) is 19.5. The number of nitrogens with zero attached hydrogens (tertiary/aromatic N) is 3. The summed E-state index contributed by atoms with van der Waals surface area (Å²) in [6.07, 6.45) is 3.94. The van der Waals surface area contributed by atoms with E-state index in [1.54, 1.807) is 18.5 Å². The van der Waals surface area contributed by atoms with Gasteiger partial charge in [-0.25, -0.2) is 14.4 Å². The van der Waals surface area contributed by atoms with E-state index in [1.165, 1.54) is 31.0 Å². The van der Waals surface area contributed by atoms with E-state index in [0.717, 1.165) is 30.2 Å². The number of carbonyl (C=O) groups is 1. The molecular formula is C21H18ClFN4O. The Balaban J connectivity index is 1.49. The second-order valence-corrected chi connectivity index (χ2v) is 7.02. The van der Waals surface area contributed by atoms with Crippen molar-refractivity contribution in [2.45, 2.75) is 12.8 Å². The number of halogens is 2. The van der Waals surface area contributed by atoms with Crippen LogP contribution in [0.1, 0.15) is 23.2 Å². The van der Waals surface area contributed by atoms with Crippen LogP contribution in [0.4, 0.5) is 15.9 Å². The standard InChI is InChI=1S/C21H18ClFN4O/c22-17-11-16(7-8-18(17)23)26-21(28)15-5-3-14(4-6-15)19-12-20(25-13-24-19)27-9-1-2-10-27/h3-8,11-13H,1-2,9-10H2,(H,26,28). The second-order valence-electron chi connectivity index (χ2n) is 6.62. The Hall–Kier alpha value is -2.99. The van der Waals surface area contributed by atoms with Gasteiger partial charge in [-0.3, -0.25) is 4.79 Å². The van der Waals surface area contributed by atoms with E-state index < -0.39 is 5.82 Å². The van der Waals surface area contributed by atoms with Gasteiger partial charge in [-0.1, -0.05) is 23.7 Å². The lowest BCUT2D eigenvalue weighted by atomic mass is 10.1. The van der Waals surface area contributed by atoms with Crippen LogP contribution in [-0.4, -0.2) is 29.0 Å².